The van der Waals surface area contributed by atoms with E-state index in [2.05, 4.69) is 10.2 Å². The maximum Gasteiger partial charge on any atom is 0.490 e. The number of hydrogen-bond acceptors (Lipinski definition) is 7. The number of carboxylic acids is 1. The minimum absolute atomic E-state index is 0.244. The van der Waals surface area contributed by atoms with E-state index in [1.807, 2.05) is 37.3 Å². The first kappa shape index (κ1) is 43.3. The maximum atomic E-state index is 14.7. The number of piperidine rings is 1. The number of aliphatic carboxylic acids is 1. The van der Waals surface area contributed by atoms with Gasteiger partial charge in [-0.25, -0.2) is 14.0 Å². The highest BCUT2D eigenvalue weighted by molar-refractivity contribution is 6.42. The summed E-state index contributed by atoms with van der Waals surface area (Å²) in [5.74, 6) is -3.68. The molecule has 2 heterocycles. The lowest BCUT2D eigenvalue weighted by atomic mass is 9.77. The van der Waals surface area contributed by atoms with E-state index in [0.29, 0.717) is 72.2 Å². The van der Waals surface area contributed by atoms with Crippen molar-refractivity contribution in [1.82, 2.24) is 15.1 Å². The predicted molar refractivity (Wildman–Crippen MR) is 200 cm³/mol. The highest BCUT2D eigenvalue weighted by atomic mass is 35.5. The van der Waals surface area contributed by atoms with Crippen molar-refractivity contribution in [2.24, 2.45) is 5.73 Å². The molecule has 5 rings (SSSR count). The number of rotatable bonds is 11. The number of carboxylic acid groups (broad SMARTS) is 1. The van der Waals surface area contributed by atoms with Crippen molar-refractivity contribution in [3.63, 3.8) is 0 Å². The zero-order valence-electron chi connectivity index (χ0n) is 30.5. The Morgan fingerprint density at radius 3 is 2.25 bits per heavy atom. The first-order valence-corrected chi connectivity index (χ1v) is 18.1. The second-order valence-corrected chi connectivity index (χ2v) is 14.5. The van der Waals surface area contributed by atoms with Crippen LogP contribution in [0.1, 0.15) is 42.9 Å². The molecule has 0 radical (unpaired) electrons. The first-order valence-electron chi connectivity index (χ1n) is 17.4. The van der Waals surface area contributed by atoms with Crippen LogP contribution in [0.4, 0.5) is 28.0 Å². The van der Waals surface area contributed by atoms with Gasteiger partial charge in [0.15, 0.2) is 0 Å². The largest absolute Gasteiger partial charge is 0.490 e. The zero-order valence-corrected chi connectivity index (χ0v) is 32.0. The van der Waals surface area contributed by atoms with Crippen molar-refractivity contribution in [2.75, 3.05) is 51.7 Å². The Bertz CT molecular complexity index is 1860. The van der Waals surface area contributed by atoms with Gasteiger partial charge in [0.25, 0.3) is 0 Å². The van der Waals surface area contributed by atoms with Gasteiger partial charge >= 0.3 is 18.2 Å². The molecule has 55 heavy (non-hydrogen) atoms. The summed E-state index contributed by atoms with van der Waals surface area (Å²) in [5, 5.41) is 10.7. The minimum atomic E-state index is -5.08. The normalized spacial score (nSPS) is 16.8. The number of likely N-dealkylation sites (N-methyl/N-ethyl adjacent to an activating group) is 1. The summed E-state index contributed by atoms with van der Waals surface area (Å²) in [6, 6.07) is 18.4. The van der Waals surface area contributed by atoms with Gasteiger partial charge in [-0.2, -0.15) is 13.2 Å². The summed E-state index contributed by atoms with van der Waals surface area (Å²) < 4.78 is 52.1. The van der Waals surface area contributed by atoms with E-state index in [4.69, 9.17) is 43.6 Å². The molecular weight excluding hydrogens is 769 g/mol. The van der Waals surface area contributed by atoms with Crippen molar-refractivity contribution in [3.8, 4) is 0 Å². The number of ether oxygens (including phenoxy) is 1. The number of anilines is 1. The molecule has 1 fully saturated rings. The van der Waals surface area contributed by atoms with E-state index < -0.39 is 35.3 Å². The van der Waals surface area contributed by atoms with Crippen LogP contribution in [-0.2, 0) is 36.6 Å². The van der Waals surface area contributed by atoms with E-state index in [1.165, 1.54) is 21.9 Å². The standard InChI is InChI=1S/C36H42Cl2FN5O4.C2HF3O2/c1-35(25-9-11-28(37)29(38)22-25,33(46)42(2)31(32(45)41-17-16-40)21-24-7-5-4-6-8-24)13-18-44-19-14-36(15-20-44)27-23-26(39)10-12-30(27)43(3)34(47)48-36;3-2(4,5)1(6)7/h4-12,22-23,31H,13-21,40H2,1-3H3,(H,41,45);(H,6,7)/t31-,35-;/m1./s1. The number of nitrogens with zero attached hydrogens (tertiary/aromatic N) is 3. The van der Waals surface area contributed by atoms with Crippen LogP contribution in [0.5, 0.6) is 0 Å². The highest BCUT2D eigenvalue weighted by Crippen LogP contribution is 2.46. The molecule has 17 heteroatoms. The number of likely N-dealkylation sites (tertiary alicyclic amines) is 1. The third-order valence-corrected chi connectivity index (χ3v) is 10.8. The van der Waals surface area contributed by atoms with Crippen molar-refractivity contribution in [1.29, 1.82) is 0 Å². The lowest BCUT2D eigenvalue weighted by molar-refractivity contribution is -0.192. The molecule has 4 N–H and O–H groups in total. The van der Waals surface area contributed by atoms with Gasteiger partial charge in [0.1, 0.15) is 17.5 Å². The van der Waals surface area contributed by atoms with Gasteiger partial charge in [-0.05, 0) is 61.3 Å². The fraction of sp³-hybridized carbons (Fsp3) is 0.421. The molecule has 0 aromatic heterocycles. The molecule has 0 unspecified atom stereocenters. The molecule has 0 aliphatic carbocycles. The van der Waals surface area contributed by atoms with Gasteiger partial charge < -0.3 is 30.7 Å². The van der Waals surface area contributed by atoms with Gasteiger partial charge in [-0.15, -0.1) is 0 Å². The zero-order chi connectivity index (χ0) is 40.7. The average molecular weight is 813 g/mol. The molecule has 1 saturated heterocycles. The fourth-order valence-electron chi connectivity index (χ4n) is 6.75. The third-order valence-electron chi connectivity index (χ3n) is 10.0. The molecule has 11 nitrogen and oxygen atoms in total. The van der Waals surface area contributed by atoms with Crippen LogP contribution in [0.15, 0.2) is 66.7 Å². The molecule has 3 aromatic rings. The SMILES string of the molecule is CN1C(=O)OC2(CCN(CC[C@@](C)(C(=O)N(C)[C@H](Cc3ccccc3)C(=O)NCCN)c3ccc(Cl)c(Cl)c3)CC2)c2cc(F)ccc21.O=C(O)C(F)(F)F. The van der Waals surface area contributed by atoms with Crippen LogP contribution in [0.25, 0.3) is 0 Å². The summed E-state index contributed by atoms with van der Waals surface area (Å²) in [7, 11) is 3.27. The Labute approximate surface area is 326 Å². The van der Waals surface area contributed by atoms with E-state index >= 15 is 0 Å². The number of nitrogens with two attached hydrogens (primary N) is 1. The molecule has 298 valence electrons. The Morgan fingerprint density at radius 2 is 1.67 bits per heavy atom. The lowest BCUT2D eigenvalue weighted by Gasteiger charge is -2.46. The Balaban J connectivity index is 0.000000876. The number of amides is 3. The monoisotopic (exact) mass is 811 g/mol. The van der Waals surface area contributed by atoms with E-state index in [-0.39, 0.29) is 30.7 Å². The average Bonchev–Trinajstić information content (AvgIpc) is 3.15. The highest BCUT2D eigenvalue weighted by Gasteiger charge is 2.47. The molecule has 1 spiro atoms. The number of carbonyl (C=O) groups excluding carboxylic acids is 3. The summed E-state index contributed by atoms with van der Waals surface area (Å²) >= 11 is 12.8. The number of fused-ring (bicyclic) bond motifs is 2. The van der Waals surface area contributed by atoms with Crippen molar-refractivity contribution >= 4 is 52.8 Å². The van der Waals surface area contributed by atoms with Gasteiger partial charge in [-0.1, -0.05) is 59.6 Å². The van der Waals surface area contributed by atoms with Crippen LogP contribution in [0.3, 0.4) is 0 Å². The summed E-state index contributed by atoms with van der Waals surface area (Å²) in [6.07, 6.45) is -3.89. The fourth-order valence-corrected chi connectivity index (χ4v) is 7.04. The molecule has 3 amide bonds. The van der Waals surface area contributed by atoms with E-state index in [0.717, 1.165) is 5.56 Å². The number of hydrogen-bond donors (Lipinski definition) is 3. The van der Waals surface area contributed by atoms with Crippen molar-refractivity contribution in [3.05, 3.63) is 99.3 Å². The number of nitrogens with one attached hydrogen (secondary N) is 1. The van der Waals surface area contributed by atoms with Gasteiger partial charge in [0.2, 0.25) is 11.8 Å². The van der Waals surface area contributed by atoms with Crippen LogP contribution in [0, 0.1) is 5.82 Å². The molecule has 2 aliphatic rings. The minimum Gasteiger partial charge on any atom is -0.475 e. The lowest BCUT2D eigenvalue weighted by Crippen LogP contribution is -2.55. The quantitative estimate of drug-likeness (QED) is 0.196. The molecule has 0 saturated carbocycles. The topological polar surface area (TPSA) is 146 Å². The molecule has 2 aliphatic heterocycles. The number of benzene rings is 3. The van der Waals surface area contributed by atoms with Crippen LogP contribution < -0.4 is 16.0 Å². The Hall–Kier alpha value is -4.44. The Kier molecular flexibility index (Phi) is 14.2. The van der Waals surface area contributed by atoms with Gasteiger partial charge in [-0.3, -0.25) is 14.5 Å². The van der Waals surface area contributed by atoms with Crippen LogP contribution in [-0.4, -0.2) is 97.8 Å². The second kappa shape index (κ2) is 18.0. The van der Waals surface area contributed by atoms with E-state index in [1.54, 1.807) is 38.4 Å². The summed E-state index contributed by atoms with van der Waals surface area (Å²) in [6.45, 7) is 4.08. The third kappa shape index (κ3) is 10.3. The van der Waals surface area contributed by atoms with Crippen molar-refractivity contribution in [2.45, 2.75) is 55.8 Å². The predicted octanol–water partition coefficient (Wildman–Crippen LogP) is 6.14. The van der Waals surface area contributed by atoms with Crippen molar-refractivity contribution < 1.29 is 46.6 Å². The smallest absolute Gasteiger partial charge is 0.475 e. The molecule has 3 aromatic carbocycles. The maximum absolute atomic E-state index is 14.7. The summed E-state index contributed by atoms with van der Waals surface area (Å²) in [4.78, 5) is 54.9. The summed E-state index contributed by atoms with van der Waals surface area (Å²) in [5.41, 5.74) is 6.56. The van der Waals surface area contributed by atoms with Gasteiger partial charge in [0.05, 0.1) is 21.1 Å². The van der Waals surface area contributed by atoms with Crippen LogP contribution >= 0.6 is 23.2 Å². The molecule has 2 atom stereocenters. The Morgan fingerprint density at radius 1 is 1.04 bits per heavy atom. The first-order chi connectivity index (χ1) is 25.8. The van der Waals surface area contributed by atoms with Crippen LogP contribution in [0.2, 0.25) is 10.0 Å². The molecule has 0 bridgehead atoms. The number of halogens is 6. The number of carbonyl (C=O) groups is 4. The van der Waals surface area contributed by atoms with E-state index in [9.17, 15) is 31.9 Å². The second-order valence-electron chi connectivity index (χ2n) is 13.6. The van der Waals surface area contributed by atoms with Gasteiger partial charge in [0, 0.05) is 65.1 Å². The number of alkyl halides is 3. The molecular formula is C38H43Cl2F4N5O6.